The van der Waals surface area contributed by atoms with Gasteiger partial charge in [0, 0.05) is 16.2 Å². The molecule has 0 aliphatic heterocycles. The molecule has 0 amide bonds. The fraction of sp³-hybridized carbons (Fsp3) is 0.143. The summed E-state index contributed by atoms with van der Waals surface area (Å²) in [5.74, 6) is -0.227. The van der Waals surface area contributed by atoms with Crippen LogP contribution in [0.1, 0.15) is 28.5 Å². The number of aromatic nitrogens is 1. The summed E-state index contributed by atoms with van der Waals surface area (Å²) in [4.78, 5) is 15.1. The third-order valence-electron chi connectivity index (χ3n) is 4.08. The average Bonchev–Trinajstić information content (AvgIpc) is 2.67. The Balaban J connectivity index is 1.87. The number of benzene rings is 2. The molecule has 2 aromatic carbocycles. The van der Waals surface area contributed by atoms with Gasteiger partial charge in [-0.2, -0.15) is 0 Å². The maximum Gasteiger partial charge on any atom is 0.337 e. The van der Waals surface area contributed by atoms with E-state index in [1.807, 2.05) is 30.3 Å². The molecule has 0 saturated heterocycles. The molecule has 0 fully saturated rings. The lowest BCUT2D eigenvalue weighted by Gasteiger charge is -2.15. The minimum absolute atomic E-state index is 0.162. The van der Waals surface area contributed by atoms with Crippen LogP contribution in [0.15, 0.2) is 65.3 Å². The van der Waals surface area contributed by atoms with Crippen molar-refractivity contribution in [3.63, 3.8) is 0 Å². The van der Waals surface area contributed by atoms with E-state index in [1.165, 1.54) is 17.8 Å². The lowest BCUT2D eigenvalue weighted by molar-refractivity contribution is 0.0696. The highest BCUT2D eigenvalue weighted by molar-refractivity contribution is 9.10. The van der Waals surface area contributed by atoms with Crippen molar-refractivity contribution in [1.29, 1.82) is 0 Å². The van der Waals surface area contributed by atoms with E-state index >= 15 is 0 Å². The molecule has 3 rings (SSSR count). The van der Waals surface area contributed by atoms with Crippen LogP contribution >= 0.6 is 15.9 Å². The predicted octanol–water partition coefficient (Wildman–Crippen LogP) is 5.35. The van der Waals surface area contributed by atoms with Crippen LogP contribution in [0.25, 0.3) is 11.1 Å². The second kappa shape index (κ2) is 8.15. The van der Waals surface area contributed by atoms with E-state index in [1.54, 1.807) is 6.07 Å². The molecule has 0 saturated carbocycles. The molecule has 0 aliphatic carbocycles. The molecule has 26 heavy (non-hydrogen) atoms. The molecule has 0 atom stereocenters. The number of rotatable bonds is 6. The molecule has 5 heteroatoms. The van der Waals surface area contributed by atoms with Gasteiger partial charge in [0.25, 0.3) is 0 Å². The zero-order chi connectivity index (χ0) is 18.5. The lowest BCUT2D eigenvalue weighted by atomic mass is 9.97. The quantitative estimate of drug-likeness (QED) is 0.593. The summed E-state index contributed by atoms with van der Waals surface area (Å²) >= 11 is 3.53. The van der Waals surface area contributed by atoms with E-state index in [0.29, 0.717) is 5.69 Å². The van der Waals surface area contributed by atoms with E-state index in [2.05, 4.69) is 40.0 Å². The Kier molecular flexibility index (Phi) is 5.68. The van der Waals surface area contributed by atoms with Gasteiger partial charge in [-0.3, -0.25) is 4.98 Å². The standard InChI is InChI=1S/C21H18BrNO3/c1-2-14-5-3-4-6-18(14)19-11-16(22)8-10-20(19)26-13-17-9-7-15(12-23-17)21(24)25/h3-12H,2,13H2,1H3,(H,24,25). The third-order valence-corrected chi connectivity index (χ3v) is 4.57. The largest absolute Gasteiger partial charge is 0.487 e. The van der Waals surface area contributed by atoms with Crippen molar-refractivity contribution in [1.82, 2.24) is 4.98 Å². The van der Waals surface area contributed by atoms with Crippen molar-refractivity contribution in [2.75, 3.05) is 0 Å². The Morgan fingerprint density at radius 2 is 1.92 bits per heavy atom. The second-order valence-corrected chi connectivity index (χ2v) is 6.70. The molecule has 1 aromatic heterocycles. The average molecular weight is 412 g/mol. The molecule has 132 valence electrons. The zero-order valence-corrected chi connectivity index (χ0v) is 15.9. The first-order valence-corrected chi connectivity index (χ1v) is 9.06. The Morgan fingerprint density at radius 1 is 1.12 bits per heavy atom. The highest BCUT2D eigenvalue weighted by Crippen LogP contribution is 2.35. The molecule has 3 aromatic rings. The van der Waals surface area contributed by atoms with Gasteiger partial charge in [-0.15, -0.1) is 0 Å². The fourth-order valence-corrected chi connectivity index (χ4v) is 3.08. The lowest BCUT2D eigenvalue weighted by Crippen LogP contribution is -2.02. The number of aryl methyl sites for hydroxylation is 1. The van der Waals surface area contributed by atoms with E-state index < -0.39 is 5.97 Å². The molecular formula is C21H18BrNO3. The number of carboxylic acids is 1. The van der Waals surface area contributed by atoms with Crippen molar-refractivity contribution < 1.29 is 14.6 Å². The van der Waals surface area contributed by atoms with E-state index in [4.69, 9.17) is 9.84 Å². The first-order valence-electron chi connectivity index (χ1n) is 8.27. The Hall–Kier alpha value is -2.66. The van der Waals surface area contributed by atoms with Crippen LogP contribution in [0.3, 0.4) is 0 Å². The molecule has 0 radical (unpaired) electrons. The van der Waals surface area contributed by atoms with Crippen molar-refractivity contribution in [2.24, 2.45) is 0 Å². The minimum atomic E-state index is -0.990. The molecule has 0 unspecified atom stereocenters. The van der Waals surface area contributed by atoms with Gasteiger partial charge >= 0.3 is 5.97 Å². The first kappa shape index (κ1) is 18.1. The van der Waals surface area contributed by atoms with Crippen LogP contribution in [0.5, 0.6) is 5.75 Å². The zero-order valence-electron chi connectivity index (χ0n) is 14.3. The Labute approximate surface area is 160 Å². The number of carbonyl (C=O) groups is 1. The number of carboxylic acid groups (broad SMARTS) is 1. The number of hydrogen-bond donors (Lipinski definition) is 1. The summed E-state index contributed by atoms with van der Waals surface area (Å²) in [6.45, 7) is 2.40. The molecule has 0 spiro atoms. The van der Waals surface area contributed by atoms with Gasteiger partial charge in [-0.1, -0.05) is 47.1 Å². The van der Waals surface area contributed by atoms with Gasteiger partial charge in [-0.05, 0) is 47.9 Å². The van der Waals surface area contributed by atoms with Crippen molar-refractivity contribution in [3.8, 4) is 16.9 Å². The van der Waals surface area contributed by atoms with Crippen LogP contribution in [0.4, 0.5) is 0 Å². The van der Waals surface area contributed by atoms with Crippen LogP contribution < -0.4 is 4.74 Å². The maximum absolute atomic E-state index is 10.9. The van der Waals surface area contributed by atoms with Gasteiger partial charge in [0.05, 0.1) is 11.3 Å². The highest BCUT2D eigenvalue weighted by atomic mass is 79.9. The van der Waals surface area contributed by atoms with Gasteiger partial charge in [-0.25, -0.2) is 4.79 Å². The maximum atomic E-state index is 10.9. The van der Waals surface area contributed by atoms with E-state index in [9.17, 15) is 4.79 Å². The molecule has 4 nitrogen and oxygen atoms in total. The summed E-state index contributed by atoms with van der Waals surface area (Å²) < 4.78 is 6.98. The molecule has 1 N–H and O–H groups in total. The Bertz CT molecular complexity index is 923. The van der Waals surface area contributed by atoms with E-state index in [-0.39, 0.29) is 12.2 Å². The summed E-state index contributed by atoms with van der Waals surface area (Å²) in [5.41, 5.74) is 4.24. The number of aromatic carboxylic acids is 1. The summed E-state index contributed by atoms with van der Waals surface area (Å²) in [5, 5.41) is 8.95. The molecule has 0 bridgehead atoms. The van der Waals surface area contributed by atoms with Crippen LogP contribution in [-0.4, -0.2) is 16.1 Å². The monoisotopic (exact) mass is 411 g/mol. The van der Waals surface area contributed by atoms with Gasteiger partial charge in [0.2, 0.25) is 0 Å². The highest BCUT2D eigenvalue weighted by Gasteiger charge is 2.11. The van der Waals surface area contributed by atoms with Gasteiger partial charge in [0.1, 0.15) is 12.4 Å². The van der Waals surface area contributed by atoms with Gasteiger partial charge in [0.15, 0.2) is 0 Å². The summed E-state index contributed by atoms with van der Waals surface area (Å²) in [6.07, 6.45) is 2.27. The number of nitrogens with zero attached hydrogens (tertiary/aromatic N) is 1. The second-order valence-electron chi connectivity index (χ2n) is 5.78. The fourth-order valence-electron chi connectivity index (χ4n) is 2.72. The summed E-state index contributed by atoms with van der Waals surface area (Å²) in [7, 11) is 0. The number of hydrogen-bond acceptors (Lipinski definition) is 3. The normalized spacial score (nSPS) is 10.5. The topological polar surface area (TPSA) is 59.4 Å². The number of pyridine rings is 1. The number of ether oxygens (including phenoxy) is 1. The van der Waals surface area contributed by atoms with Crippen LogP contribution in [-0.2, 0) is 13.0 Å². The Morgan fingerprint density at radius 3 is 2.62 bits per heavy atom. The van der Waals surface area contributed by atoms with Crippen molar-refractivity contribution in [3.05, 3.63) is 82.1 Å². The SMILES string of the molecule is CCc1ccccc1-c1cc(Br)ccc1OCc1ccc(C(=O)O)cn1. The third kappa shape index (κ3) is 4.11. The first-order chi connectivity index (χ1) is 12.6. The minimum Gasteiger partial charge on any atom is -0.487 e. The van der Waals surface area contributed by atoms with Gasteiger partial charge < -0.3 is 9.84 Å². The predicted molar refractivity (Wildman–Crippen MR) is 104 cm³/mol. The molecule has 1 heterocycles. The molecule has 0 aliphatic rings. The summed E-state index contributed by atoms with van der Waals surface area (Å²) in [6, 6.07) is 17.4. The molecular weight excluding hydrogens is 394 g/mol. The van der Waals surface area contributed by atoms with Crippen molar-refractivity contribution in [2.45, 2.75) is 20.0 Å². The number of halogens is 1. The van der Waals surface area contributed by atoms with E-state index in [0.717, 1.165) is 27.8 Å². The smallest absolute Gasteiger partial charge is 0.337 e. The van der Waals surface area contributed by atoms with Crippen LogP contribution in [0, 0.1) is 0 Å². The van der Waals surface area contributed by atoms with Crippen molar-refractivity contribution >= 4 is 21.9 Å². The van der Waals surface area contributed by atoms with Crippen LogP contribution in [0.2, 0.25) is 0 Å².